The third-order valence-electron chi connectivity index (χ3n) is 2.83. The number of nitrogens with one attached hydrogen (secondary N) is 1. The lowest BCUT2D eigenvalue weighted by atomic mass is 10.2. The largest absolute Gasteiger partial charge is 0.471 e. The molecule has 1 unspecified atom stereocenters. The van der Waals surface area contributed by atoms with Gasteiger partial charge in [0.25, 0.3) is 0 Å². The monoisotopic (exact) mass is 342 g/mol. The molecule has 1 N–H and O–H groups in total. The van der Waals surface area contributed by atoms with Crippen LogP contribution in [0.1, 0.15) is 24.6 Å². The summed E-state index contributed by atoms with van der Waals surface area (Å²) in [5.74, 6) is -1.32. The molecule has 23 heavy (non-hydrogen) atoms. The Balaban J connectivity index is 1.73. The maximum atomic E-state index is 12.4. The molecule has 7 nitrogen and oxygen atoms in total. The van der Waals surface area contributed by atoms with E-state index in [0.717, 1.165) is 5.69 Å². The third kappa shape index (κ3) is 3.44. The van der Waals surface area contributed by atoms with E-state index in [-0.39, 0.29) is 17.4 Å². The van der Waals surface area contributed by atoms with Gasteiger partial charge in [0, 0.05) is 17.8 Å². The Hall–Kier alpha value is -2.56. The second kappa shape index (κ2) is 5.91. The molecule has 0 aliphatic carbocycles. The summed E-state index contributed by atoms with van der Waals surface area (Å²) < 4.78 is 45.6. The molecule has 0 aliphatic heterocycles. The van der Waals surface area contributed by atoms with Gasteiger partial charge in [0.05, 0.1) is 17.3 Å². The number of aromatic nitrogens is 5. The topological polar surface area (TPSA) is 89.6 Å². The Morgan fingerprint density at radius 3 is 2.57 bits per heavy atom. The number of nitrogens with zero attached hydrogens (tertiary/aromatic N) is 5. The summed E-state index contributed by atoms with van der Waals surface area (Å²) in [5.41, 5.74) is 1.06. The summed E-state index contributed by atoms with van der Waals surface area (Å²) in [7, 11) is 0. The number of hydrogen-bond donors (Lipinski definition) is 1. The van der Waals surface area contributed by atoms with Gasteiger partial charge in [0.1, 0.15) is 0 Å². The average Bonchev–Trinajstić information content (AvgIpc) is 3.19. The normalized spacial score (nSPS) is 13.0. The smallest absolute Gasteiger partial charge is 0.346 e. The van der Waals surface area contributed by atoms with Gasteiger partial charge in [-0.05, 0) is 24.5 Å². The molecule has 3 rings (SSSR count). The molecular formula is C12H9F3N6OS. The van der Waals surface area contributed by atoms with E-state index in [0.29, 0.717) is 5.95 Å². The molecule has 0 spiro atoms. The van der Waals surface area contributed by atoms with E-state index in [2.05, 4.69) is 34.3 Å². The zero-order valence-corrected chi connectivity index (χ0v) is 12.4. The second-order valence-electron chi connectivity index (χ2n) is 4.51. The molecular weight excluding hydrogens is 333 g/mol. The minimum absolute atomic E-state index is 0.103. The van der Waals surface area contributed by atoms with Gasteiger partial charge >= 0.3 is 12.1 Å². The minimum atomic E-state index is -4.68. The van der Waals surface area contributed by atoms with Crippen LogP contribution < -0.4 is 5.32 Å². The second-order valence-corrected chi connectivity index (χ2v) is 5.17. The van der Waals surface area contributed by atoms with Crippen molar-refractivity contribution in [1.29, 1.82) is 0 Å². The molecule has 3 aromatic rings. The number of rotatable bonds is 4. The fraction of sp³-hybridized carbons (Fsp3) is 0.250. The van der Waals surface area contributed by atoms with Crippen molar-refractivity contribution < 1.29 is 17.7 Å². The molecule has 0 aromatic carbocycles. The van der Waals surface area contributed by atoms with Gasteiger partial charge in [-0.2, -0.15) is 22.5 Å². The van der Waals surface area contributed by atoms with E-state index in [1.807, 2.05) is 18.4 Å². The number of hydrogen-bond acceptors (Lipinski definition) is 8. The van der Waals surface area contributed by atoms with Gasteiger partial charge in [0.2, 0.25) is 11.8 Å². The predicted octanol–water partition coefficient (Wildman–Crippen LogP) is 3.18. The average molecular weight is 342 g/mol. The van der Waals surface area contributed by atoms with Crippen molar-refractivity contribution in [2.24, 2.45) is 0 Å². The van der Waals surface area contributed by atoms with Crippen LogP contribution in [0.3, 0.4) is 0 Å². The van der Waals surface area contributed by atoms with E-state index < -0.39 is 12.1 Å². The highest BCUT2D eigenvalue weighted by molar-refractivity contribution is 7.03. The molecule has 0 saturated heterocycles. The summed E-state index contributed by atoms with van der Waals surface area (Å²) in [5, 5.41) is 8.15. The van der Waals surface area contributed by atoms with Crippen LogP contribution in [0.2, 0.25) is 0 Å². The molecule has 11 heteroatoms. The summed E-state index contributed by atoms with van der Waals surface area (Å²) in [4.78, 5) is 11.3. The Labute approximate surface area is 131 Å². The lowest BCUT2D eigenvalue weighted by molar-refractivity contribution is -0.159. The molecule has 0 aliphatic rings. The van der Waals surface area contributed by atoms with Crippen molar-refractivity contribution in [1.82, 2.24) is 24.5 Å². The molecule has 3 heterocycles. The van der Waals surface area contributed by atoms with E-state index in [4.69, 9.17) is 0 Å². The number of alkyl halides is 3. The van der Waals surface area contributed by atoms with Crippen molar-refractivity contribution in [2.45, 2.75) is 19.1 Å². The van der Waals surface area contributed by atoms with Crippen LogP contribution in [-0.2, 0) is 6.18 Å². The maximum absolute atomic E-state index is 12.4. The lowest BCUT2D eigenvalue weighted by Gasteiger charge is -2.10. The van der Waals surface area contributed by atoms with Crippen molar-refractivity contribution >= 4 is 17.5 Å². The summed E-state index contributed by atoms with van der Waals surface area (Å²) >= 11 is 1.33. The Morgan fingerprint density at radius 1 is 1.26 bits per heavy atom. The predicted molar refractivity (Wildman–Crippen MR) is 74.5 cm³/mol. The van der Waals surface area contributed by atoms with Crippen LogP contribution in [0.5, 0.6) is 0 Å². The first-order valence-electron chi connectivity index (χ1n) is 6.33. The first-order chi connectivity index (χ1) is 10.9. The Bertz CT molecular complexity index is 771. The number of halogens is 3. The zero-order valence-electron chi connectivity index (χ0n) is 11.6. The highest BCUT2D eigenvalue weighted by Gasteiger charge is 2.38. The first-order valence-corrected chi connectivity index (χ1v) is 7.17. The maximum Gasteiger partial charge on any atom is 0.471 e. The minimum Gasteiger partial charge on any atom is -0.346 e. The lowest BCUT2D eigenvalue weighted by Crippen LogP contribution is -2.09. The van der Waals surface area contributed by atoms with Crippen molar-refractivity contribution in [3.8, 4) is 11.4 Å². The van der Waals surface area contributed by atoms with Crippen LogP contribution in [0.25, 0.3) is 11.4 Å². The van der Waals surface area contributed by atoms with Gasteiger partial charge in [-0.3, -0.25) is 0 Å². The fourth-order valence-electron chi connectivity index (χ4n) is 1.69. The third-order valence-corrected chi connectivity index (χ3v) is 3.40. The fourth-order valence-corrected chi connectivity index (χ4v) is 2.29. The van der Waals surface area contributed by atoms with Gasteiger partial charge < -0.3 is 9.84 Å². The van der Waals surface area contributed by atoms with Crippen LogP contribution in [0, 0.1) is 0 Å². The van der Waals surface area contributed by atoms with Crippen molar-refractivity contribution in [2.75, 3.05) is 5.32 Å². The highest BCUT2D eigenvalue weighted by Crippen LogP contribution is 2.29. The van der Waals surface area contributed by atoms with Crippen LogP contribution in [-0.4, -0.2) is 24.5 Å². The molecule has 1 atom stereocenters. The van der Waals surface area contributed by atoms with Crippen molar-refractivity contribution in [3.63, 3.8) is 0 Å². The molecule has 0 fully saturated rings. The summed E-state index contributed by atoms with van der Waals surface area (Å²) in [6.07, 6.45) is -2.06. The van der Waals surface area contributed by atoms with Gasteiger partial charge in [-0.15, -0.1) is 0 Å². The molecule has 3 aromatic heterocycles. The summed E-state index contributed by atoms with van der Waals surface area (Å²) in [6.45, 7) is 1.89. The van der Waals surface area contributed by atoms with Gasteiger partial charge in [-0.1, -0.05) is 5.16 Å². The van der Waals surface area contributed by atoms with Crippen LogP contribution >= 0.6 is 11.5 Å². The quantitative estimate of drug-likeness (QED) is 0.779. The van der Waals surface area contributed by atoms with Crippen molar-refractivity contribution in [3.05, 3.63) is 35.4 Å². The Kier molecular flexibility index (Phi) is 3.94. The zero-order chi connectivity index (χ0) is 16.4. The molecule has 0 bridgehead atoms. The van der Waals surface area contributed by atoms with Crippen LogP contribution in [0.4, 0.5) is 19.1 Å². The Morgan fingerprint density at radius 2 is 2.00 bits per heavy atom. The standard InChI is InChI=1S/C12H9F3N6OS/c1-6(8-2-3-23-21-8)18-11-16-4-7(5-17-11)9-19-10(22-20-9)12(13,14)15/h2-6H,1H3,(H,16,17,18). The molecule has 0 amide bonds. The molecule has 120 valence electrons. The van der Waals surface area contributed by atoms with Gasteiger partial charge in [-0.25, -0.2) is 9.97 Å². The molecule has 0 saturated carbocycles. The highest BCUT2D eigenvalue weighted by atomic mass is 32.1. The van der Waals surface area contributed by atoms with E-state index in [1.54, 1.807) is 0 Å². The molecule has 0 radical (unpaired) electrons. The van der Waals surface area contributed by atoms with E-state index in [9.17, 15) is 13.2 Å². The van der Waals surface area contributed by atoms with Gasteiger partial charge in [0.15, 0.2) is 0 Å². The SMILES string of the molecule is CC(Nc1ncc(-c2noc(C(F)(F)F)n2)cn1)c1ccsn1. The van der Waals surface area contributed by atoms with Crippen LogP contribution in [0.15, 0.2) is 28.4 Å². The van der Waals surface area contributed by atoms with E-state index in [1.165, 1.54) is 23.9 Å². The van der Waals surface area contributed by atoms with E-state index >= 15 is 0 Å². The number of anilines is 1. The summed E-state index contributed by atoms with van der Waals surface area (Å²) in [6, 6.07) is 1.77. The first kappa shape index (κ1) is 15.3.